The second-order valence-electron chi connectivity index (χ2n) is 7.65. The maximum absolute atomic E-state index is 8.78. The highest BCUT2D eigenvalue weighted by Crippen LogP contribution is 2.25. The Hall–Kier alpha value is -2.00. The van der Waals surface area contributed by atoms with Crippen LogP contribution in [0.5, 0.6) is 11.5 Å². The Kier molecular flexibility index (Phi) is 12.0. The molecular formula is C26H38O3. The molecule has 3 nitrogen and oxygen atoms in total. The van der Waals surface area contributed by atoms with Crippen LogP contribution in [0.25, 0.3) is 11.1 Å². The van der Waals surface area contributed by atoms with Crippen molar-refractivity contribution in [3.63, 3.8) is 0 Å². The van der Waals surface area contributed by atoms with E-state index in [0.29, 0.717) is 0 Å². The zero-order valence-electron chi connectivity index (χ0n) is 18.1. The summed E-state index contributed by atoms with van der Waals surface area (Å²) in [5.74, 6) is 1.86. The van der Waals surface area contributed by atoms with Crippen molar-refractivity contribution in [2.45, 2.75) is 71.1 Å². The smallest absolute Gasteiger partial charge is 0.119 e. The van der Waals surface area contributed by atoms with Crippen molar-refractivity contribution in [2.75, 3.05) is 19.8 Å². The Morgan fingerprint density at radius 1 is 0.552 bits per heavy atom. The van der Waals surface area contributed by atoms with Gasteiger partial charge in [0.1, 0.15) is 11.5 Å². The molecule has 0 amide bonds. The van der Waals surface area contributed by atoms with E-state index in [4.69, 9.17) is 14.6 Å². The number of unbranched alkanes of at least 4 members (excludes halogenated alkanes) is 8. The van der Waals surface area contributed by atoms with Crippen LogP contribution in [-0.2, 0) is 0 Å². The summed E-state index contributed by atoms with van der Waals surface area (Å²) >= 11 is 0. The summed E-state index contributed by atoms with van der Waals surface area (Å²) in [7, 11) is 0. The third kappa shape index (κ3) is 9.85. The highest BCUT2D eigenvalue weighted by Gasteiger charge is 2.01. The predicted octanol–water partition coefficient (Wildman–Crippen LogP) is 7.02. The Morgan fingerprint density at radius 2 is 0.966 bits per heavy atom. The van der Waals surface area contributed by atoms with E-state index in [9.17, 15) is 0 Å². The number of benzene rings is 2. The summed E-state index contributed by atoms with van der Waals surface area (Å²) in [5, 5.41) is 8.78. The molecular weight excluding hydrogens is 360 g/mol. The summed E-state index contributed by atoms with van der Waals surface area (Å²) in [4.78, 5) is 0. The standard InChI is InChI=1S/C26H38O3/c1-2-3-4-5-7-10-21-28-25-16-12-23(13-17-25)24-14-18-26(19-15-24)29-22-11-8-6-9-20-27/h12-19,27H,2-11,20-22H2,1H3. The maximum atomic E-state index is 8.78. The number of hydrogen-bond donors (Lipinski definition) is 1. The van der Waals surface area contributed by atoms with Gasteiger partial charge in [-0.2, -0.15) is 0 Å². The second-order valence-corrected chi connectivity index (χ2v) is 7.65. The molecule has 0 aliphatic carbocycles. The van der Waals surface area contributed by atoms with Crippen LogP contribution in [0, 0.1) is 0 Å². The first kappa shape index (κ1) is 23.3. The van der Waals surface area contributed by atoms with Crippen LogP contribution >= 0.6 is 0 Å². The molecule has 1 N–H and O–H groups in total. The average molecular weight is 399 g/mol. The van der Waals surface area contributed by atoms with E-state index in [1.54, 1.807) is 0 Å². The van der Waals surface area contributed by atoms with E-state index < -0.39 is 0 Å². The first-order valence-corrected chi connectivity index (χ1v) is 11.4. The number of rotatable bonds is 16. The maximum Gasteiger partial charge on any atom is 0.119 e. The summed E-state index contributed by atoms with van der Waals surface area (Å²) < 4.78 is 11.7. The molecule has 3 heteroatoms. The van der Waals surface area contributed by atoms with Gasteiger partial charge in [0.2, 0.25) is 0 Å². The van der Waals surface area contributed by atoms with E-state index in [1.165, 1.54) is 43.2 Å². The number of aliphatic hydroxyl groups is 1. The quantitative estimate of drug-likeness (QED) is 0.309. The van der Waals surface area contributed by atoms with Crippen molar-refractivity contribution in [1.82, 2.24) is 0 Å². The fourth-order valence-electron chi connectivity index (χ4n) is 3.32. The summed E-state index contributed by atoms with van der Waals surface area (Å²) in [6, 6.07) is 16.6. The SMILES string of the molecule is CCCCCCCCOc1ccc(-c2ccc(OCCCCCCO)cc2)cc1. The van der Waals surface area contributed by atoms with Crippen molar-refractivity contribution in [2.24, 2.45) is 0 Å². The molecule has 0 spiro atoms. The zero-order chi connectivity index (χ0) is 20.6. The molecule has 2 aromatic rings. The van der Waals surface area contributed by atoms with E-state index >= 15 is 0 Å². The zero-order valence-corrected chi connectivity index (χ0v) is 18.1. The minimum absolute atomic E-state index is 0.286. The molecule has 0 bridgehead atoms. The molecule has 0 unspecified atom stereocenters. The Bertz CT molecular complexity index is 634. The van der Waals surface area contributed by atoms with E-state index in [2.05, 4.69) is 43.3 Å². The van der Waals surface area contributed by atoms with Gasteiger partial charge in [-0.1, -0.05) is 69.7 Å². The molecule has 0 aliphatic heterocycles. The highest BCUT2D eigenvalue weighted by molar-refractivity contribution is 5.64. The number of ether oxygens (including phenoxy) is 2. The molecule has 0 saturated carbocycles. The highest BCUT2D eigenvalue weighted by atomic mass is 16.5. The Balaban J connectivity index is 1.68. The minimum atomic E-state index is 0.286. The summed E-state index contributed by atoms with van der Waals surface area (Å²) in [6.07, 6.45) is 11.8. The fourth-order valence-corrected chi connectivity index (χ4v) is 3.32. The second kappa shape index (κ2) is 14.9. The van der Waals surface area contributed by atoms with Gasteiger partial charge in [0.15, 0.2) is 0 Å². The van der Waals surface area contributed by atoms with Crippen LogP contribution in [0.4, 0.5) is 0 Å². The van der Waals surface area contributed by atoms with Crippen molar-refractivity contribution >= 4 is 0 Å². The molecule has 0 saturated heterocycles. The van der Waals surface area contributed by atoms with Crippen LogP contribution < -0.4 is 9.47 Å². The fraction of sp³-hybridized carbons (Fsp3) is 0.538. The predicted molar refractivity (Wildman–Crippen MR) is 122 cm³/mol. The van der Waals surface area contributed by atoms with E-state index in [1.807, 2.05) is 12.1 Å². The number of hydrogen-bond acceptors (Lipinski definition) is 3. The van der Waals surface area contributed by atoms with Gasteiger partial charge in [-0.05, 0) is 61.1 Å². The van der Waals surface area contributed by atoms with Crippen molar-refractivity contribution in [1.29, 1.82) is 0 Å². The van der Waals surface area contributed by atoms with Crippen LogP contribution in [0.3, 0.4) is 0 Å². The summed E-state index contributed by atoms with van der Waals surface area (Å²) in [5.41, 5.74) is 2.37. The van der Waals surface area contributed by atoms with Crippen molar-refractivity contribution < 1.29 is 14.6 Å². The topological polar surface area (TPSA) is 38.7 Å². The Labute approximate surface area is 177 Å². The molecule has 160 valence electrons. The van der Waals surface area contributed by atoms with Gasteiger partial charge in [0.05, 0.1) is 13.2 Å². The largest absolute Gasteiger partial charge is 0.494 e. The molecule has 0 atom stereocenters. The van der Waals surface area contributed by atoms with Gasteiger partial charge in [-0.3, -0.25) is 0 Å². The normalized spacial score (nSPS) is 10.8. The van der Waals surface area contributed by atoms with E-state index in [-0.39, 0.29) is 6.61 Å². The van der Waals surface area contributed by atoms with Gasteiger partial charge < -0.3 is 14.6 Å². The van der Waals surface area contributed by atoms with E-state index in [0.717, 1.165) is 56.8 Å². The average Bonchev–Trinajstić information content (AvgIpc) is 2.76. The first-order chi connectivity index (χ1) is 14.3. The first-order valence-electron chi connectivity index (χ1n) is 11.4. The molecule has 0 aliphatic rings. The van der Waals surface area contributed by atoms with Gasteiger partial charge in [-0.25, -0.2) is 0 Å². The number of aliphatic hydroxyl groups excluding tert-OH is 1. The lowest BCUT2D eigenvalue weighted by Crippen LogP contribution is -1.97. The van der Waals surface area contributed by atoms with Gasteiger partial charge in [0.25, 0.3) is 0 Å². The van der Waals surface area contributed by atoms with Gasteiger partial charge in [-0.15, -0.1) is 0 Å². The van der Waals surface area contributed by atoms with Gasteiger partial charge in [0, 0.05) is 6.61 Å². The van der Waals surface area contributed by atoms with Crippen LogP contribution in [0.1, 0.15) is 71.1 Å². The lowest BCUT2D eigenvalue weighted by Gasteiger charge is -2.09. The lowest BCUT2D eigenvalue weighted by atomic mass is 10.1. The molecule has 0 radical (unpaired) electrons. The summed E-state index contributed by atoms with van der Waals surface area (Å²) in [6.45, 7) is 4.07. The van der Waals surface area contributed by atoms with Crippen LogP contribution in [0.2, 0.25) is 0 Å². The molecule has 2 rings (SSSR count). The third-order valence-corrected chi connectivity index (χ3v) is 5.13. The van der Waals surface area contributed by atoms with Crippen molar-refractivity contribution in [3.8, 4) is 22.6 Å². The lowest BCUT2D eigenvalue weighted by molar-refractivity contribution is 0.273. The molecule has 0 fully saturated rings. The molecule has 0 aromatic heterocycles. The van der Waals surface area contributed by atoms with Gasteiger partial charge >= 0.3 is 0 Å². The Morgan fingerprint density at radius 3 is 1.41 bits per heavy atom. The monoisotopic (exact) mass is 398 g/mol. The van der Waals surface area contributed by atoms with Crippen LogP contribution in [-0.4, -0.2) is 24.9 Å². The minimum Gasteiger partial charge on any atom is -0.494 e. The molecule has 29 heavy (non-hydrogen) atoms. The van der Waals surface area contributed by atoms with Crippen LogP contribution in [0.15, 0.2) is 48.5 Å². The van der Waals surface area contributed by atoms with Crippen molar-refractivity contribution in [3.05, 3.63) is 48.5 Å². The molecule has 2 aromatic carbocycles. The molecule has 0 heterocycles. The third-order valence-electron chi connectivity index (χ3n) is 5.13.